The van der Waals surface area contributed by atoms with E-state index in [1.165, 1.54) is 0 Å². The van der Waals surface area contributed by atoms with Crippen LogP contribution < -0.4 is 5.32 Å². The van der Waals surface area contributed by atoms with Gasteiger partial charge in [-0.05, 0) is 37.1 Å². The van der Waals surface area contributed by atoms with Crippen molar-refractivity contribution < 1.29 is 13.2 Å². The number of rotatable bonds is 2. The molecule has 0 atom stereocenters. The quantitative estimate of drug-likeness (QED) is 0.849. The Morgan fingerprint density at radius 3 is 2.05 bits per heavy atom. The van der Waals surface area contributed by atoms with Crippen LogP contribution in [0.25, 0.3) is 11.3 Å². The summed E-state index contributed by atoms with van der Waals surface area (Å²) in [5, 5.41) is 10.7. The highest BCUT2D eigenvalue weighted by molar-refractivity contribution is 5.66. The molecule has 0 amide bonds. The van der Waals surface area contributed by atoms with Crippen LogP contribution in [-0.4, -0.2) is 17.2 Å². The zero-order valence-corrected chi connectivity index (χ0v) is 10.7. The average molecular weight is 267 g/mol. The molecule has 0 fully saturated rings. The van der Waals surface area contributed by atoms with Crippen LogP contribution in [0.5, 0.6) is 0 Å². The van der Waals surface area contributed by atoms with Gasteiger partial charge in [-0.15, -0.1) is 10.2 Å². The minimum absolute atomic E-state index is 0.159. The Morgan fingerprint density at radius 2 is 1.53 bits per heavy atom. The minimum Gasteiger partial charge on any atom is -0.371 e. The molecule has 0 radical (unpaired) electrons. The van der Waals surface area contributed by atoms with Gasteiger partial charge in [0.1, 0.15) is 0 Å². The highest BCUT2D eigenvalue weighted by Gasteiger charge is 2.16. The Hall–Kier alpha value is -2.11. The monoisotopic (exact) mass is 267 g/mol. The summed E-state index contributed by atoms with van der Waals surface area (Å²) >= 11 is 0. The Balaban J connectivity index is 2.63. The molecular weight excluding hydrogens is 255 g/mol. The van der Waals surface area contributed by atoms with Crippen molar-refractivity contribution >= 4 is 5.82 Å². The van der Waals surface area contributed by atoms with E-state index in [1.54, 1.807) is 14.0 Å². The number of hydrogen-bond donors (Lipinski definition) is 1. The van der Waals surface area contributed by atoms with Gasteiger partial charge in [-0.1, -0.05) is 0 Å². The standard InChI is InChI=1S/C13H12F3N3/c1-6-7(2)13(17-3)19-18-12(6)8-4-9(14)11(16)10(15)5-8/h4-5H,1-3H3,(H,17,19). The van der Waals surface area contributed by atoms with Gasteiger partial charge in [0.05, 0.1) is 5.69 Å². The van der Waals surface area contributed by atoms with Gasteiger partial charge in [0, 0.05) is 12.6 Å². The van der Waals surface area contributed by atoms with E-state index in [2.05, 4.69) is 15.5 Å². The van der Waals surface area contributed by atoms with E-state index >= 15 is 0 Å². The number of halogens is 3. The highest BCUT2D eigenvalue weighted by Crippen LogP contribution is 2.27. The summed E-state index contributed by atoms with van der Waals surface area (Å²) in [7, 11) is 1.70. The molecule has 0 aliphatic rings. The van der Waals surface area contributed by atoms with Crippen LogP contribution in [0.1, 0.15) is 11.1 Å². The van der Waals surface area contributed by atoms with Gasteiger partial charge in [0.25, 0.3) is 0 Å². The number of aromatic nitrogens is 2. The third-order valence-electron chi connectivity index (χ3n) is 3.02. The number of nitrogens with one attached hydrogen (secondary N) is 1. The molecule has 19 heavy (non-hydrogen) atoms. The first-order valence-corrected chi connectivity index (χ1v) is 5.62. The summed E-state index contributed by atoms with van der Waals surface area (Å²) in [6.45, 7) is 3.58. The molecule has 0 spiro atoms. The van der Waals surface area contributed by atoms with Crippen LogP contribution in [0.15, 0.2) is 12.1 Å². The zero-order chi connectivity index (χ0) is 14.2. The molecule has 100 valence electrons. The van der Waals surface area contributed by atoms with Crippen molar-refractivity contribution in [1.29, 1.82) is 0 Å². The summed E-state index contributed by atoms with van der Waals surface area (Å²) in [6.07, 6.45) is 0. The van der Waals surface area contributed by atoms with Crippen molar-refractivity contribution in [1.82, 2.24) is 10.2 Å². The fourth-order valence-electron chi connectivity index (χ4n) is 1.81. The molecule has 0 aliphatic carbocycles. The molecule has 1 heterocycles. The molecule has 0 unspecified atom stereocenters. The fraction of sp³-hybridized carbons (Fsp3) is 0.231. The molecule has 2 aromatic rings. The van der Waals surface area contributed by atoms with Crippen molar-refractivity contribution in [3.8, 4) is 11.3 Å². The van der Waals surface area contributed by atoms with E-state index in [0.29, 0.717) is 11.5 Å². The summed E-state index contributed by atoms with van der Waals surface area (Å²) in [5.74, 6) is -3.39. The van der Waals surface area contributed by atoms with Crippen LogP contribution in [0.3, 0.4) is 0 Å². The smallest absolute Gasteiger partial charge is 0.194 e. The average Bonchev–Trinajstić information content (AvgIpc) is 2.38. The lowest BCUT2D eigenvalue weighted by Gasteiger charge is -2.11. The Kier molecular flexibility index (Phi) is 3.42. The second-order valence-electron chi connectivity index (χ2n) is 4.15. The first-order chi connectivity index (χ1) is 8.95. The molecule has 1 aromatic carbocycles. The van der Waals surface area contributed by atoms with E-state index in [4.69, 9.17) is 0 Å². The summed E-state index contributed by atoms with van der Waals surface area (Å²) < 4.78 is 39.4. The molecule has 6 heteroatoms. The van der Waals surface area contributed by atoms with Crippen LogP contribution in [0.2, 0.25) is 0 Å². The van der Waals surface area contributed by atoms with Crippen LogP contribution in [0, 0.1) is 31.3 Å². The molecule has 0 bridgehead atoms. The third-order valence-corrected chi connectivity index (χ3v) is 3.02. The van der Waals surface area contributed by atoms with Gasteiger partial charge in [-0.3, -0.25) is 0 Å². The summed E-state index contributed by atoms with van der Waals surface area (Å²) in [4.78, 5) is 0. The lowest BCUT2D eigenvalue weighted by atomic mass is 10.0. The first-order valence-electron chi connectivity index (χ1n) is 5.62. The lowest BCUT2D eigenvalue weighted by Crippen LogP contribution is -2.03. The molecule has 0 saturated carbocycles. The van der Waals surface area contributed by atoms with Gasteiger partial charge in [0.15, 0.2) is 23.3 Å². The van der Waals surface area contributed by atoms with Crippen LogP contribution in [-0.2, 0) is 0 Å². The molecule has 3 nitrogen and oxygen atoms in total. The molecular formula is C13H12F3N3. The van der Waals surface area contributed by atoms with Crippen molar-refractivity contribution in [3.05, 3.63) is 40.7 Å². The minimum atomic E-state index is -1.49. The maximum atomic E-state index is 13.2. The molecule has 0 aliphatic heterocycles. The van der Waals surface area contributed by atoms with E-state index in [1.807, 2.05) is 6.92 Å². The zero-order valence-electron chi connectivity index (χ0n) is 10.7. The fourth-order valence-corrected chi connectivity index (χ4v) is 1.81. The van der Waals surface area contributed by atoms with Crippen molar-refractivity contribution in [2.24, 2.45) is 0 Å². The van der Waals surface area contributed by atoms with Crippen molar-refractivity contribution in [2.75, 3.05) is 12.4 Å². The highest BCUT2D eigenvalue weighted by atomic mass is 19.2. The maximum Gasteiger partial charge on any atom is 0.194 e. The van der Waals surface area contributed by atoms with Gasteiger partial charge < -0.3 is 5.32 Å². The van der Waals surface area contributed by atoms with Gasteiger partial charge in [0.2, 0.25) is 0 Å². The van der Waals surface area contributed by atoms with Crippen LogP contribution in [0.4, 0.5) is 19.0 Å². The third kappa shape index (κ3) is 2.25. The number of anilines is 1. The second-order valence-corrected chi connectivity index (χ2v) is 4.15. The molecule has 1 N–H and O–H groups in total. The maximum absolute atomic E-state index is 13.2. The predicted molar refractivity (Wildman–Crippen MR) is 66.4 cm³/mol. The lowest BCUT2D eigenvalue weighted by molar-refractivity contribution is 0.447. The van der Waals surface area contributed by atoms with Crippen molar-refractivity contribution in [2.45, 2.75) is 13.8 Å². The first kappa shape index (κ1) is 13.3. The van der Waals surface area contributed by atoms with E-state index in [9.17, 15) is 13.2 Å². The van der Waals surface area contributed by atoms with Crippen LogP contribution >= 0.6 is 0 Å². The molecule has 2 rings (SSSR count). The Morgan fingerprint density at radius 1 is 0.947 bits per heavy atom. The number of hydrogen-bond acceptors (Lipinski definition) is 3. The normalized spacial score (nSPS) is 10.6. The van der Waals surface area contributed by atoms with Crippen molar-refractivity contribution in [3.63, 3.8) is 0 Å². The van der Waals surface area contributed by atoms with E-state index in [-0.39, 0.29) is 5.56 Å². The van der Waals surface area contributed by atoms with Gasteiger partial charge in [-0.2, -0.15) is 0 Å². The Labute approximate surface area is 108 Å². The SMILES string of the molecule is CNc1nnc(-c2cc(F)c(F)c(F)c2)c(C)c1C. The Bertz CT molecular complexity index is 618. The number of nitrogens with zero attached hydrogens (tertiary/aromatic N) is 2. The molecule has 0 saturated heterocycles. The predicted octanol–water partition coefficient (Wildman–Crippen LogP) is 3.22. The van der Waals surface area contributed by atoms with Gasteiger partial charge in [-0.25, -0.2) is 13.2 Å². The second kappa shape index (κ2) is 4.87. The number of benzene rings is 1. The summed E-state index contributed by atoms with van der Waals surface area (Å²) in [5.41, 5.74) is 2.03. The molecule has 1 aromatic heterocycles. The van der Waals surface area contributed by atoms with Gasteiger partial charge >= 0.3 is 0 Å². The topological polar surface area (TPSA) is 37.8 Å². The largest absolute Gasteiger partial charge is 0.371 e. The van der Waals surface area contributed by atoms with E-state index in [0.717, 1.165) is 23.3 Å². The summed E-state index contributed by atoms with van der Waals surface area (Å²) in [6, 6.07) is 1.82. The van der Waals surface area contributed by atoms with E-state index < -0.39 is 17.5 Å².